The summed E-state index contributed by atoms with van der Waals surface area (Å²) in [5, 5.41) is 14.9. The number of aliphatic hydroxyl groups is 1. The number of aliphatic hydroxyl groups excluding tert-OH is 1. The van der Waals surface area contributed by atoms with Crippen molar-refractivity contribution in [3.63, 3.8) is 0 Å². The summed E-state index contributed by atoms with van der Waals surface area (Å²) in [6, 6.07) is 6.82. The summed E-state index contributed by atoms with van der Waals surface area (Å²) in [5.74, 6) is -1.17. The molecule has 0 aliphatic carbocycles. The normalized spacial score (nSPS) is 17.5. The molecule has 0 saturated carbocycles. The SMILES string of the molecule is O=NC1=C(O)C(=Cc2cccc(Cl)c2)NC1=O. The molecule has 17 heavy (non-hydrogen) atoms. The first-order chi connectivity index (χ1) is 8.11. The third-order valence-electron chi connectivity index (χ3n) is 2.19. The van der Waals surface area contributed by atoms with E-state index in [1.807, 2.05) is 0 Å². The van der Waals surface area contributed by atoms with Gasteiger partial charge in [-0.1, -0.05) is 23.7 Å². The second kappa shape index (κ2) is 4.39. The van der Waals surface area contributed by atoms with Crippen molar-refractivity contribution < 1.29 is 9.90 Å². The molecule has 1 aliphatic rings. The van der Waals surface area contributed by atoms with Crippen LogP contribution in [0.4, 0.5) is 0 Å². The third-order valence-corrected chi connectivity index (χ3v) is 2.43. The lowest BCUT2D eigenvalue weighted by atomic mass is 10.2. The van der Waals surface area contributed by atoms with Gasteiger partial charge in [0, 0.05) is 5.02 Å². The van der Waals surface area contributed by atoms with Crippen molar-refractivity contribution in [1.82, 2.24) is 5.32 Å². The quantitative estimate of drug-likeness (QED) is 0.791. The average molecular weight is 251 g/mol. The highest BCUT2D eigenvalue weighted by Gasteiger charge is 2.28. The first-order valence-electron chi connectivity index (χ1n) is 4.67. The Morgan fingerprint density at radius 3 is 2.76 bits per heavy atom. The molecule has 1 aromatic rings. The van der Waals surface area contributed by atoms with Gasteiger partial charge in [-0.3, -0.25) is 4.79 Å². The number of rotatable bonds is 2. The Balaban J connectivity index is 2.40. The molecule has 6 heteroatoms. The summed E-state index contributed by atoms with van der Waals surface area (Å²) in [6.07, 6.45) is 1.50. The fourth-order valence-electron chi connectivity index (χ4n) is 1.43. The van der Waals surface area contributed by atoms with Crippen molar-refractivity contribution in [3.8, 4) is 0 Å². The fourth-order valence-corrected chi connectivity index (χ4v) is 1.63. The van der Waals surface area contributed by atoms with E-state index in [2.05, 4.69) is 10.5 Å². The zero-order valence-electron chi connectivity index (χ0n) is 8.48. The summed E-state index contributed by atoms with van der Waals surface area (Å²) in [7, 11) is 0. The fraction of sp³-hybridized carbons (Fsp3) is 0. The number of benzene rings is 1. The molecule has 86 valence electrons. The summed E-state index contributed by atoms with van der Waals surface area (Å²) >= 11 is 5.79. The van der Waals surface area contributed by atoms with Crippen molar-refractivity contribution in [1.29, 1.82) is 0 Å². The highest BCUT2D eigenvalue weighted by Crippen LogP contribution is 2.22. The van der Waals surface area contributed by atoms with E-state index in [9.17, 15) is 14.8 Å². The van der Waals surface area contributed by atoms with E-state index in [0.717, 1.165) is 0 Å². The number of carbonyl (C=O) groups is 1. The Labute approximate surface area is 101 Å². The minimum Gasteiger partial charge on any atom is -0.504 e. The summed E-state index contributed by atoms with van der Waals surface area (Å²) < 4.78 is 0. The van der Waals surface area contributed by atoms with E-state index in [1.54, 1.807) is 24.3 Å². The third kappa shape index (κ3) is 2.19. The molecule has 0 bridgehead atoms. The molecule has 0 saturated heterocycles. The van der Waals surface area contributed by atoms with Gasteiger partial charge in [-0.15, -0.1) is 4.91 Å². The molecule has 0 atom stereocenters. The number of nitrogens with zero attached hydrogens (tertiary/aromatic N) is 1. The zero-order chi connectivity index (χ0) is 12.4. The zero-order valence-corrected chi connectivity index (χ0v) is 9.23. The minimum absolute atomic E-state index is 0.131. The van der Waals surface area contributed by atoms with Crippen molar-refractivity contribution in [2.75, 3.05) is 0 Å². The number of hydrogen-bond donors (Lipinski definition) is 2. The molecule has 1 aromatic carbocycles. The van der Waals surface area contributed by atoms with Crippen LogP contribution >= 0.6 is 11.6 Å². The maximum Gasteiger partial charge on any atom is 0.281 e. The van der Waals surface area contributed by atoms with Gasteiger partial charge in [0.05, 0.1) is 5.70 Å². The van der Waals surface area contributed by atoms with E-state index < -0.39 is 17.4 Å². The van der Waals surface area contributed by atoms with Gasteiger partial charge in [-0.25, -0.2) is 0 Å². The van der Waals surface area contributed by atoms with Crippen molar-refractivity contribution in [2.45, 2.75) is 0 Å². The van der Waals surface area contributed by atoms with E-state index >= 15 is 0 Å². The van der Waals surface area contributed by atoms with Gasteiger partial charge >= 0.3 is 0 Å². The van der Waals surface area contributed by atoms with Gasteiger partial charge < -0.3 is 10.4 Å². The van der Waals surface area contributed by atoms with Gasteiger partial charge in [0.25, 0.3) is 5.91 Å². The molecule has 0 spiro atoms. The first kappa shape index (κ1) is 11.3. The highest BCUT2D eigenvalue weighted by atomic mass is 35.5. The van der Waals surface area contributed by atoms with Crippen LogP contribution in [0.15, 0.2) is 46.6 Å². The Morgan fingerprint density at radius 1 is 1.41 bits per heavy atom. The Morgan fingerprint density at radius 2 is 2.18 bits per heavy atom. The predicted octanol–water partition coefficient (Wildman–Crippen LogP) is 2.35. The minimum atomic E-state index is -0.717. The average Bonchev–Trinajstić information content (AvgIpc) is 2.54. The summed E-state index contributed by atoms with van der Waals surface area (Å²) in [5.41, 5.74) is 0.302. The van der Waals surface area contributed by atoms with Crippen LogP contribution < -0.4 is 5.32 Å². The lowest BCUT2D eigenvalue weighted by Gasteiger charge is -1.99. The molecule has 0 unspecified atom stereocenters. The Kier molecular flexibility index (Phi) is 2.93. The lowest BCUT2D eigenvalue weighted by molar-refractivity contribution is -0.116. The number of nitrogens with one attached hydrogen (secondary N) is 1. The molecule has 1 aliphatic heterocycles. The monoisotopic (exact) mass is 250 g/mol. The molecule has 1 amide bonds. The Bertz CT molecular complexity index is 564. The van der Waals surface area contributed by atoms with E-state index in [4.69, 9.17) is 11.6 Å². The van der Waals surface area contributed by atoms with Gasteiger partial charge in [0.2, 0.25) is 5.70 Å². The largest absolute Gasteiger partial charge is 0.504 e. The molecule has 0 fully saturated rings. The van der Waals surface area contributed by atoms with Gasteiger partial charge in [0.1, 0.15) is 0 Å². The maximum absolute atomic E-state index is 11.2. The van der Waals surface area contributed by atoms with Crippen LogP contribution in [0.5, 0.6) is 0 Å². The van der Waals surface area contributed by atoms with Crippen molar-refractivity contribution >= 4 is 23.6 Å². The van der Waals surface area contributed by atoms with Crippen LogP contribution in [-0.2, 0) is 4.79 Å². The maximum atomic E-state index is 11.2. The van der Waals surface area contributed by atoms with Crippen LogP contribution in [0.1, 0.15) is 5.56 Å². The van der Waals surface area contributed by atoms with Crippen LogP contribution in [0.25, 0.3) is 6.08 Å². The predicted molar refractivity (Wildman–Crippen MR) is 63.0 cm³/mol. The number of nitroso groups, excluding NO2 is 1. The molecule has 0 radical (unpaired) electrons. The second-order valence-corrected chi connectivity index (χ2v) is 3.79. The smallest absolute Gasteiger partial charge is 0.281 e. The molecule has 0 aromatic heterocycles. The van der Waals surface area contributed by atoms with E-state index in [-0.39, 0.29) is 5.70 Å². The number of hydrogen-bond acceptors (Lipinski definition) is 4. The van der Waals surface area contributed by atoms with Crippen LogP contribution in [0.3, 0.4) is 0 Å². The standard InChI is InChI=1S/C11H7ClN2O3/c12-7-3-1-2-6(4-7)5-8-10(15)9(14-17)11(16)13-8/h1-5,15H,(H,13,16). The van der Waals surface area contributed by atoms with Crippen molar-refractivity contribution in [2.24, 2.45) is 5.18 Å². The second-order valence-electron chi connectivity index (χ2n) is 3.36. The topological polar surface area (TPSA) is 78.8 Å². The van der Waals surface area contributed by atoms with Gasteiger partial charge in [0.15, 0.2) is 5.76 Å². The van der Waals surface area contributed by atoms with Crippen LogP contribution in [0, 0.1) is 4.91 Å². The van der Waals surface area contributed by atoms with Crippen LogP contribution in [-0.4, -0.2) is 11.0 Å². The van der Waals surface area contributed by atoms with E-state index in [1.165, 1.54) is 6.08 Å². The molecular weight excluding hydrogens is 244 g/mol. The Hall–Kier alpha value is -2.14. The van der Waals surface area contributed by atoms with E-state index in [0.29, 0.717) is 10.6 Å². The highest BCUT2D eigenvalue weighted by molar-refractivity contribution is 6.30. The number of amides is 1. The summed E-state index contributed by atoms with van der Waals surface area (Å²) in [4.78, 5) is 21.5. The summed E-state index contributed by atoms with van der Waals surface area (Å²) in [6.45, 7) is 0. The molecular formula is C11H7ClN2O3. The lowest BCUT2D eigenvalue weighted by Crippen LogP contribution is -2.15. The number of carbonyl (C=O) groups excluding carboxylic acids is 1. The first-order valence-corrected chi connectivity index (χ1v) is 5.05. The number of halogens is 1. The van der Waals surface area contributed by atoms with Gasteiger partial charge in [-0.2, -0.15) is 0 Å². The molecule has 2 N–H and O–H groups in total. The van der Waals surface area contributed by atoms with Crippen molar-refractivity contribution in [3.05, 3.63) is 56.9 Å². The van der Waals surface area contributed by atoms with Crippen LogP contribution in [0.2, 0.25) is 5.02 Å². The molecule has 2 rings (SSSR count). The van der Waals surface area contributed by atoms with Gasteiger partial charge in [-0.05, 0) is 28.9 Å². The molecule has 5 nitrogen and oxygen atoms in total. The molecule has 1 heterocycles.